The summed E-state index contributed by atoms with van der Waals surface area (Å²) in [5.41, 5.74) is 0.922. The fraction of sp³-hybridized carbons (Fsp3) is 0.375. The number of likely N-dealkylation sites (N-methyl/N-ethyl adjacent to an activating group) is 1. The normalized spacial score (nSPS) is 11.5. The maximum absolute atomic E-state index is 11.9. The van der Waals surface area contributed by atoms with Crippen molar-refractivity contribution in [2.24, 2.45) is 0 Å². The number of rotatable bonds is 9. The van der Waals surface area contributed by atoms with E-state index in [4.69, 9.17) is 9.47 Å². The number of nitrogens with one attached hydrogen (secondary N) is 1. The molecule has 0 fully saturated rings. The second-order valence-electron chi connectivity index (χ2n) is 4.44. The number of ether oxygens (including phenoxy) is 2. The van der Waals surface area contributed by atoms with Gasteiger partial charge in [0.25, 0.3) is 0 Å². The highest BCUT2D eigenvalue weighted by Gasteiger charge is 2.19. The molecule has 114 valence electrons. The highest BCUT2D eigenvalue weighted by molar-refractivity contribution is 5.77. The standard InChI is InChI=1S/C16H21NO4/c1-3-11-20-15(18)10-9-14(17-2)16(19)21-12-13-7-5-4-6-8-13/h3-8,14,17H,1,9-12H2,2H3/t14-/m0/s1. The quantitative estimate of drug-likeness (QED) is 0.555. The van der Waals surface area contributed by atoms with E-state index in [0.717, 1.165) is 5.56 Å². The maximum Gasteiger partial charge on any atom is 0.323 e. The van der Waals surface area contributed by atoms with Crippen molar-refractivity contribution in [1.82, 2.24) is 5.32 Å². The molecule has 1 aromatic carbocycles. The Bertz CT molecular complexity index is 459. The first kappa shape index (κ1) is 16.9. The van der Waals surface area contributed by atoms with Gasteiger partial charge in [-0.3, -0.25) is 9.59 Å². The van der Waals surface area contributed by atoms with Gasteiger partial charge in [0.05, 0.1) is 0 Å². The average Bonchev–Trinajstić information content (AvgIpc) is 2.52. The first-order valence-electron chi connectivity index (χ1n) is 6.81. The summed E-state index contributed by atoms with van der Waals surface area (Å²) in [6, 6.07) is 8.91. The lowest BCUT2D eigenvalue weighted by atomic mass is 10.1. The molecule has 0 unspecified atom stereocenters. The lowest BCUT2D eigenvalue weighted by Crippen LogP contribution is -2.36. The van der Waals surface area contributed by atoms with Gasteiger partial charge in [0.15, 0.2) is 0 Å². The van der Waals surface area contributed by atoms with E-state index in [1.54, 1.807) is 7.05 Å². The predicted octanol–water partition coefficient (Wildman–Crippen LogP) is 1.83. The van der Waals surface area contributed by atoms with E-state index in [1.165, 1.54) is 6.08 Å². The minimum absolute atomic E-state index is 0.153. The SMILES string of the molecule is C=CCOC(=O)CC[C@H](NC)C(=O)OCc1ccccc1. The first-order valence-corrected chi connectivity index (χ1v) is 6.81. The van der Waals surface area contributed by atoms with Crippen molar-refractivity contribution >= 4 is 11.9 Å². The Morgan fingerprint density at radius 1 is 1.29 bits per heavy atom. The van der Waals surface area contributed by atoms with Crippen LogP contribution in [0.5, 0.6) is 0 Å². The van der Waals surface area contributed by atoms with E-state index < -0.39 is 6.04 Å². The molecule has 0 aromatic heterocycles. The Labute approximate surface area is 124 Å². The zero-order valence-corrected chi connectivity index (χ0v) is 12.2. The Morgan fingerprint density at radius 3 is 2.62 bits per heavy atom. The van der Waals surface area contributed by atoms with E-state index in [-0.39, 0.29) is 31.6 Å². The molecule has 0 amide bonds. The predicted molar refractivity (Wildman–Crippen MR) is 79.5 cm³/mol. The van der Waals surface area contributed by atoms with Crippen LogP contribution in [0.25, 0.3) is 0 Å². The monoisotopic (exact) mass is 291 g/mol. The summed E-state index contributed by atoms with van der Waals surface area (Å²) < 4.78 is 10.1. The molecule has 5 nitrogen and oxygen atoms in total. The van der Waals surface area contributed by atoms with Gasteiger partial charge in [-0.2, -0.15) is 0 Å². The lowest BCUT2D eigenvalue weighted by Gasteiger charge is -2.14. The molecule has 1 rings (SSSR count). The molecule has 1 aromatic rings. The molecule has 0 spiro atoms. The van der Waals surface area contributed by atoms with Gasteiger partial charge < -0.3 is 14.8 Å². The Kier molecular flexibility index (Phi) is 7.82. The van der Waals surface area contributed by atoms with Gasteiger partial charge in [0.1, 0.15) is 19.3 Å². The first-order chi connectivity index (χ1) is 10.2. The van der Waals surface area contributed by atoms with Crippen molar-refractivity contribution in [3.05, 3.63) is 48.6 Å². The van der Waals surface area contributed by atoms with Crippen LogP contribution in [0.2, 0.25) is 0 Å². The van der Waals surface area contributed by atoms with Gasteiger partial charge in [0, 0.05) is 6.42 Å². The Morgan fingerprint density at radius 2 is 2.00 bits per heavy atom. The molecular formula is C16H21NO4. The summed E-state index contributed by atoms with van der Waals surface area (Å²) >= 11 is 0. The smallest absolute Gasteiger partial charge is 0.323 e. The van der Waals surface area contributed by atoms with Crippen LogP contribution >= 0.6 is 0 Å². The number of esters is 2. The van der Waals surface area contributed by atoms with Gasteiger partial charge in [-0.15, -0.1) is 0 Å². The third kappa shape index (κ3) is 6.72. The number of benzene rings is 1. The molecule has 1 N–H and O–H groups in total. The van der Waals surface area contributed by atoms with Crippen molar-refractivity contribution in [1.29, 1.82) is 0 Å². The fourth-order valence-electron chi connectivity index (χ4n) is 1.70. The summed E-state index contributed by atoms with van der Waals surface area (Å²) in [5, 5.41) is 2.85. The summed E-state index contributed by atoms with van der Waals surface area (Å²) in [5.74, 6) is -0.733. The van der Waals surface area contributed by atoms with Crippen LogP contribution in [0, 0.1) is 0 Å². The zero-order chi connectivity index (χ0) is 15.5. The van der Waals surface area contributed by atoms with Crippen molar-refractivity contribution < 1.29 is 19.1 Å². The number of hydrogen-bond donors (Lipinski definition) is 1. The highest BCUT2D eigenvalue weighted by atomic mass is 16.5. The van der Waals surface area contributed by atoms with E-state index in [9.17, 15) is 9.59 Å². The van der Waals surface area contributed by atoms with Gasteiger partial charge in [-0.1, -0.05) is 43.0 Å². The Balaban J connectivity index is 2.35. The fourth-order valence-corrected chi connectivity index (χ4v) is 1.70. The van der Waals surface area contributed by atoms with E-state index >= 15 is 0 Å². The maximum atomic E-state index is 11.9. The molecule has 0 radical (unpaired) electrons. The average molecular weight is 291 g/mol. The molecule has 0 saturated carbocycles. The molecule has 21 heavy (non-hydrogen) atoms. The molecule has 0 aliphatic heterocycles. The van der Waals surface area contributed by atoms with Crippen LogP contribution in [-0.2, 0) is 25.7 Å². The molecule has 0 bridgehead atoms. The second kappa shape index (κ2) is 9.72. The molecular weight excluding hydrogens is 270 g/mol. The Hall–Kier alpha value is -2.14. The molecule has 0 aliphatic carbocycles. The highest BCUT2D eigenvalue weighted by Crippen LogP contribution is 2.05. The van der Waals surface area contributed by atoms with Gasteiger partial charge in [0.2, 0.25) is 0 Å². The van der Waals surface area contributed by atoms with E-state index in [1.807, 2.05) is 30.3 Å². The zero-order valence-electron chi connectivity index (χ0n) is 12.2. The van der Waals surface area contributed by atoms with Crippen molar-refractivity contribution in [3.8, 4) is 0 Å². The van der Waals surface area contributed by atoms with Crippen LogP contribution in [0.15, 0.2) is 43.0 Å². The van der Waals surface area contributed by atoms with Crippen molar-refractivity contribution in [3.63, 3.8) is 0 Å². The van der Waals surface area contributed by atoms with E-state index in [0.29, 0.717) is 6.42 Å². The van der Waals surface area contributed by atoms with Gasteiger partial charge in [-0.05, 0) is 19.0 Å². The molecule has 0 aliphatic rings. The topological polar surface area (TPSA) is 64.6 Å². The van der Waals surface area contributed by atoms with Crippen LogP contribution in [0.3, 0.4) is 0 Å². The summed E-state index contributed by atoms with van der Waals surface area (Å²) in [7, 11) is 1.66. The number of hydrogen-bond acceptors (Lipinski definition) is 5. The lowest BCUT2D eigenvalue weighted by molar-refractivity contribution is -0.148. The van der Waals surface area contributed by atoms with Crippen molar-refractivity contribution in [2.45, 2.75) is 25.5 Å². The van der Waals surface area contributed by atoms with Crippen LogP contribution < -0.4 is 5.32 Å². The number of carbonyl (C=O) groups is 2. The third-order valence-corrected chi connectivity index (χ3v) is 2.86. The van der Waals surface area contributed by atoms with Gasteiger partial charge >= 0.3 is 11.9 Å². The second-order valence-corrected chi connectivity index (χ2v) is 4.44. The summed E-state index contributed by atoms with van der Waals surface area (Å²) in [6.07, 6.45) is 1.99. The van der Waals surface area contributed by atoms with Gasteiger partial charge in [-0.25, -0.2) is 0 Å². The van der Waals surface area contributed by atoms with Crippen LogP contribution in [0.4, 0.5) is 0 Å². The summed E-state index contributed by atoms with van der Waals surface area (Å²) in [6.45, 7) is 3.86. The van der Waals surface area contributed by atoms with Crippen molar-refractivity contribution in [2.75, 3.05) is 13.7 Å². The largest absolute Gasteiger partial charge is 0.461 e. The molecule has 5 heteroatoms. The molecule has 0 heterocycles. The number of carbonyl (C=O) groups excluding carboxylic acids is 2. The minimum atomic E-state index is -0.523. The molecule has 0 saturated heterocycles. The minimum Gasteiger partial charge on any atom is -0.461 e. The summed E-state index contributed by atoms with van der Waals surface area (Å²) in [4.78, 5) is 23.3. The van der Waals surface area contributed by atoms with Crippen LogP contribution in [0.1, 0.15) is 18.4 Å². The third-order valence-electron chi connectivity index (χ3n) is 2.86. The van der Waals surface area contributed by atoms with Crippen LogP contribution in [-0.4, -0.2) is 31.6 Å². The van der Waals surface area contributed by atoms with E-state index in [2.05, 4.69) is 11.9 Å². The molecule has 1 atom stereocenters.